The lowest BCUT2D eigenvalue weighted by molar-refractivity contribution is -0.149. The Bertz CT molecular complexity index is 616. The summed E-state index contributed by atoms with van der Waals surface area (Å²) < 4.78 is 0. The Hall–Kier alpha value is -2.04. The minimum absolute atomic E-state index is 0.0695. The number of carboxylic acid groups (broad SMARTS) is 1. The molecular formula is C19H26N2O3. The van der Waals surface area contributed by atoms with E-state index in [0.29, 0.717) is 19.5 Å². The van der Waals surface area contributed by atoms with Crippen molar-refractivity contribution in [1.82, 2.24) is 10.2 Å². The molecule has 5 nitrogen and oxygen atoms in total. The summed E-state index contributed by atoms with van der Waals surface area (Å²) in [6.45, 7) is 5.04. The van der Waals surface area contributed by atoms with Crippen LogP contribution in [-0.4, -0.2) is 35.1 Å². The third-order valence-corrected chi connectivity index (χ3v) is 5.69. The average molecular weight is 330 g/mol. The molecule has 1 saturated carbocycles. The highest BCUT2D eigenvalue weighted by molar-refractivity contribution is 5.80. The van der Waals surface area contributed by atoms with Gasteiger partial charge in [0.15, 0.2) is 0 Å². The second kappa shape index (κ2) is 6.46. The summed E-state index contributed by atoms with van der Waals surface area (Å²) in [5.41, 5.74) is 0.352. The van der Waals surface area contributed by atoms with Crippen molar-refractivity contribution in [2.24, 2.45) is 17.3 Å². The van der Waals surface area contributed by atoms with Crippen molar-refractivity contribution in [3.63, 3.8) is 0 Å². The molecule has 3 atom stereocenters. The number of amides is 2. The van der Waals surface area contributed by atoms with Crippen LogP contribution in [0.3, 0.4) is 0 Å². The summed E-state index contributed by atoms with van der Waals surface area (Å²) in [7, 11) is 0. The molecule has 3 rings (SSSR count). The molecule has 2 aliphatic rings. The van der Waals surface area contributed by atoms with Crippen LogP contribution >= 0.6 is 0 Å². The lowest BCUT2D eigenvalue weighted by Crippen LogP contribution is -2.43. The van der Waals surface area contributed by atoms with Gasteiger partial charge < -0.3 is 15.3 Å². The lowest BCUT2D eigenvalue weighted by Gasteiger charge is -2.27. The van der Waals surface area contributed by atoms with E-state index in [4.69, 9.17) is 0 Å². The van der Waals surface area contributed by atoms with Crippen LogP contribution in [0.1, 0.15) is 44.7 Å². The van der Waals surface area contributed by atoms with Gasteiger partial charge in [-0.05, 0) is 30.2 Å². The van der Waals surface area contributed by atoms with E-state index in [0.717, 1.165) is 18.4 Å². The smallest absolute Gasteiger partial charge is 0.317 e. The molecule has 2 amide bonds. The van der Waals surface area contributed by atoms with Gasteiger partial charge in [-0.3, -0.25) is 4.79 Å². The van der Waals surface area contributed by atoms with Crippen LogP contribution in [0.2, 0.25) is 0 Å². The van der Waals surface area contributed by atoms with Gasteiger partial charge in [0.1, 0.15) is 0 Å². The summed E-state index contributed by atoms with van der Waals surface area (Å²) in [4.78, 5) is 26.2. The summed E-state index contributed by atoms with van der Waals surface area (Å²) >= 11 is 0. The molecule has 1 aromatic carbocycles. The molecule has 0 radical (unpaired) electrons. The first-order valence-corrected chi connectivity index (χ1v) is 8.78. The van der Waals surface area contributed by atoms with Crippen molar-refractivity contribution in [1.29, 1.82) is 0 Å². The predicted octanol–water partition coefficient (Wildman–Crippen LogP) is 3.28. The SMILES string of the molecule is CC(C)C(NC(=O)N1C[C@@H]2CCC[C@@]2(C(=O)O)C1)c1ccccc1. The molecule has 2 fully saturated rings. The van der Waals surface area contributed by atoms with Gasteiger partial charge in [-0.2, -0.15) is 0 Å². The number of carbonyl (C=O) groups is 2. The number of carboxylic acids is 1. The number of benzene rings is 1. The van der Waals surface area contributed by atoms with E-state index in [2.05, 4.69) is 19.2 Å². The van der Waals surface area contributed by atoms with Crippen molar-refractivity contribution in [3.05, 3.63) is 35.9 Å². The molecule has 130 valence electrons. The van der Waals surface area contributed by atoms with Crippen LogP contribution in [0.15, 0.2) is 30.3 Å². The number of nitrogens with one attached hydrogen (secondary N) is 1. The zero-order chi connectivity index (χ0) is 17.3. The third kappa shape index (κ3) is 2.87. The predicted molar refractivity (Wildman–Crippen MR) is 91.5 cm³/mol. The summed E-state index contributed by atoms with van der Waals surface area (Å²) in [5, 5.41) is 12.8. The molecule has 1 aliphatic heterocycles. The summed E-state index contributed by atoms with van der Waals surface area (Å²) in [6.07, 6.45) is 2.54. The van der Waals surface area contributed by atoms with Gasteiger partial charge in [0.05, 0.1) is 11.5 Å². The van der Waals surface area contributed by atoms with Gasteiger partial charge in [0.2, 0.25) is 0 Å². The van der Waals surface area contributed by atoms with E-state index in [9.17, 15) is 14.7 Å². The quantitative estimate of drug-likeness (QED) is 0.890. The van der Waals surface area contributed by atoms with Crippen molar-refractivity contribution < 1.29 is 14.7 Å². The molecule has 0 bridgehead atoms. The number of aliphatic carboxylic acids is 1. The van der Waals surface area contributed by atoms with Crippen LogP contribution in [0.5, 0.6) is 0 Å². The lowest BCUT2D eigenvalue weighted by atomic mass is 9.81. The van der Waals surface area contributed by atoms with E-state index in [1.165, 1.54) is 0 Å². The van der Waals surface area contributed by atoms with Crippen molar-refractivity contribution in [2.45, 2.75) is 39.2 Å². The molecular weight excluding hydrogens is 304 g/mol. The minimum Gasteiger partial charge on any atom is -0.481 e. The fourth-order valence-corrected chi connectivity index (χ4v) is 4.31. The molecule has 1 heterocycles. The number of hydrogen-bond donors (Lipinski definition) is 2. The maximum atomic E-state index is 12.8. The molecule has 1 unspecified atom stereocenters. The Morgan fingerprint density at radius 1 is 1.29 bits per heavy atom. The molecule has 24 heavy (non-hydrogen) atoms. The van der Waals surface area contributed by atoms with E-state index < -0.39 is 11.4 Å². The zero-order valence-corrected chi connectivity index (χ0v) is 14.4. The highest BCUT2D eigenvalue weighted by Gasteiger charge is 2.55. The Morgan fingerprint density at radius 2 is 2.00 bits per heavy atom. The van der Waals surface area contributed by atoms with Gasteiger partial charge in [-0.1, -0.05) is 50.6 Å². The van der Waals surface area contributed by atoms with Crippen molar-refractivity contribution in [2.75, 3.05) is 13.1 Å². The Labute approximate surface area is 143 Å². The first-order valence-electron chi connectivity index (χ1n) is 8.78. The fraction of sp³-hybridized carbons (Fsp3) is 0.579. The normalized spacial score (nSPS) is 27.1. The van der Waals surface area contributed by atoms with Crippen LogP contribution in [0.25, 0.3) is 0 Å². The van der Waals surface area contributed by atoms with E-state index in [-0.39, 0.29) is 23.9 Å². The zero-order valence-electron chi connectivity index (χ0n) is 14.4. The second-order valence-corrected chi connectivity index (χ2v) is 7.51. The fourth-order valence-electron chi connectivity index (χ4n) is 4.31. The number of likely N-dealkylation sites (tertiary alicyclic amines) is 1. The van der Waals surface area contributed by atoms with Crippen LogP contribution in [0.4, 0.5) is 4.79 Å². The van der Waals surface area contributed by atoms with E-state index in [1.54, 1.807) is 4.90 Å². The third-order valence-electron chi connectivity index (χ3n) is 5.69. The average Bonchev–Trinajstić information content (AvgIpc) is 3.11. The largest absolute Gasteiger partial charge is 0.481 e. The molecule has 5 heteroatoms. The molecule has 0 spiro atoms. The van der Waals surface area contributed by atoms with Gasteiger partial charge >= 0.3 is 12.0 Å². The molecule has 2 N–H and O–H groups in total. The number of hydrogen-bond acceptors (Lipinski definition) is 2. The summed E-state index contributed by atoms with van der Waals surface area (Å²) in [5.74, 6) is -0.398. The second-order valence-electron chi connectivity index (χ2n) is 7.51. The van der Waals surface area contributed by atoms with Crippen LogP contribution in [0, 0.1) is 17.3 Å². The highest BCUT2D eigenvalue weighted by atomic mass is 16.4. The molecule has 1 saturated heterocycles. The first-order chi connectivity index (χ1) is 11.4. The number of carbonyl (C=O) groups excluding carboxylic acids is 1. The van der Waals surface area contributed by atoms with Crippen molar-refractivity contribution in [3.8, 4) is 0 Å². The standard InChI is InChI=1S/C19H26N2O3/c1-13(2)16(14-7-4-3-5-8-14)20-18(24)21-11-15-9-6-10-19(15,12-21)17(22)23/h3-5,7-8,13,15-16H,6,9-12H2,1-2H3,(H,20,24)(H,22,23)/t15-,16?,19+/m0/s1. The van der Waals surface area contributed by atoms with Crippen LogP contribution < -0.4 is 5.32 Å². The number of nitrogens with zero attached hydrogens (tertiary/aromatic N) is 1. The van der Waals surface area contributed by atoms with E-state index >= 15 is 0 Å². The number of fused-ring (bicyclic) bond motifs is 1. The molecule has 1 aliphatic carbocycles. The molecule has 0 aromatic heterocycles. The molecule has 1 aromatic rings. The maximum absolute atomic E-state index is 12.8. The van der Waals surface area contributed by atoms with Gasteiger partial charge in [0, 0.05) is 13.1 Å². The Kier molecular flexibility index (Phi) is 4.52. The number of rotatable bonds is 4. The monoisotopic (exact) mass is 330 g/mol. The van der Waals surface area contributed by atoms with Crippen molar-refractivity contribution >= 4 is 12.0 Å². The van der Waals surface area contributed by atoms with Gasteiger partial charge in [-0.25, -0.2) is 4.79 Å². The van der Waals surface area contributed by atoms with Crippen LogP contribution in [-0.2, 0) is 4.79 Å². The Morgan fingerprint density at radius 3 is 2.58 bits per heavy atom. The van der Waals surface area contributed by atoms with Gasteiger partial charge in [0.25, 0.3) is 0 Å². The first kappa shape index (κ1) is 16.8. The minimum atomic E-state index is -0.747. The van der Waals surface area contributed by atoms with Gasteiger partial charge in [-0.15, -0.1) is 0 Å². The summed E-state index contributed by atoms with van der Waals surface area (Å²) in [6, 6.07) is 9.71. The highest BCUT2D eigenvalue weighted by Crippen LogP contribution is 2.48. The maximum Gasteiger partial charge on any atom is 0.317 e. The topological polar surface area (TPSA) is 69.6 Å². The number of urea groups is 1. The van der Waals surface area contributed by atoms with E-state index in [1.807, 2.05) is 30.3 Å². The Balaban J connectivity index is 1.72.